The summed E-state index contributed by atoms with van der Waals surface area (Å²) < 4.78 is 5.66. The maximum atomic E-state index is 12.2. The number of pyridine rings is 1. The zero-order valence-electron chi connectivity index (χ0n) is 13.1. The number of hydrogen-bond acceptors (Lipinski definition) is 4. The summed E-state index contributed by atoms with van der Waals surface area (Å²) in [5.74, 6) is -0.111. The molecular formula is C16H25N3O2. The van der Waals surface area contributed by atoms with Crippen LogP contribution in [-0.4, -0.2) is 35.7 Å². The molecule has 5 heteroatoms. The van der Waals surface area contributed by atoms with Crippen LogP contribution in [0.1, 0.15) is 50.5 Å². The molecule has 1 saturated heterocycles. The van der Waals surface area contributed by atoms with Crippen LogP contribution < -0.4 is 10.6 Å². The standard InChI is InChI=1S/C16H25N3O2/c1-4-8-17-13-5-6-14(18-11-13)15(20)19-12-7-9-21-16(2,3)10-12/h5-6,11-12,17H,4,7-10H2,1-3H3,(H,19,20). The molecule has 0 radical (unpaired) electrons. The molecule has 1 atom stereocenters. The van der Waals surface area contributed by atoms with E-state index in [2.05, 4.69) is 36.4 Å². The fraction of sp³-hybridized carbons (Fsp3) is 0.625. The summed E-state index contributed by atoms with van der Waals surface area (Å²) in [4.78, 5) is 16.4. The van der Waals surface area contributed by atoms with Gasteiger partial charge in [0.05, 0.1) is 17.5 Å². The number of ether oxygens (including phenoxy) is 1. The molecule has 0 aromatic carbocycles. The van der Waals surface area contributed by atoms with Crippen LogP contribution in [0.5, 0.6) is 0 Å². The number of carbonyl (C=O) groups is 1. The zero-order chi connectivity index (χ0) is 15.3. The van der Waals surface area contributed by atoms with Gasteiger partial charge in [-0.1, -0.05) is 6.92 Å². The summed E-state index contributed by atoms with van der Waals surface area (Å²) in [6.45, 7) is 7.81. The summed E-state index contributed by atoms with van der Waals surface area (Å²) in [5, 5.41) is 6.29. The van der Waals surface area contributed by atoms with Crippen molar-refractivity contribution < 1.29 is 9.53 Å². The zero-order valence-corrected chi connectivity index (χ0v) is 13.1. The molecule has 5 nitrogen and oxygen atoms in total. The van der Waals surface area contributed by atoms with Crippen LogP contribution in [0.4, 0.5) is 5.69 Å². The lowest BCUT2D eigenvalue weighted by Crippen LogP contribution is -2.45. The van der Waals surface area contributed by atoms with Crippen LogP contribution >= 0.6 is 0 Å². The topological polar surface area (TPSA) is 63.2 Å². The lowest BCUT2D eigenvalue weighted by molar-refractivity contribution is -0.0615. The van der Waals surface area contributed by atoms with E-state index < -0.39 is 0 Å². The highest BCUT2D eigenvalue weighted by molar-refractivity contribution is 5.92. The number of amides is 1. The Balaban J connectivity index is 1.91. The maximum absolute atomic E-state index is 12.2. The third-order valence-corrected chi connectivity index (χ3v) is 3.61. The first-order valence-corrected chi connectivity index (χ1v) is 7.65. The molecule has 2 rings (SSSR count). The normalized spacial score (nSPS) is 20.8. The van der Waals surface area contributed by atoms with Gasteiger partial charge in [-0.15, -0.1) is 0 Å². The van der Waals surface area contributed by atoms with Gasteiger partial charge < -0.3 is 15.4 Å². The first-order valence-electron chi connectivity index (χ1n) is 7.65. The van der Waals surface area contributed by atoms with Crippen molar-refractivity contribution in [2.75, 3.05) is 18.5 Å². The minimum Gasteiger partial charge on any atom is -0.384 e. The van der Waals surface area contributed by atoms with Gasteiger partial charge in [0.2, 0.25) is 0 Å². The van der Waals surface area contributed by atoms with Crippen molar-refractivity contribution in [1.29, 1.82) is 0 Å². The van der Waals surface area contributed by atoms with E-state index in [4.69, 9.17) is 4.74 Å². The highest BCUT2D eigenvalue weighted by atomic mass is 16.5. The molecule has 2 heterocycles. The van der Waals surface area contributed by atoms with Gasteiger partial charge in [0, 0.05) is 19.2 Å². The fourth-order valence-corrected chi connectivity index (χ4v) is 2.52. The minimum absolute atomic E-state index is 0.111. The quantitative estimate of drug-likeness (QED) is 0.875. The fourth-order valence-electron chi connectivity index (χ4n) is 2.52. The van der Waals surface area contributed by atoms with E-state index in [9.17, 15) is 4.79 Å². The smallest absolute Gasteiger partial charge is 0.270 e. The van der Waals surface area contributed by atoms with Crippen molar-refractivity contribution in [2.45, 2.75) is 51.7 Å². The van der Waals surface area contributed by atoms with Gasteiger partial charge in [-0.2, -0.15) is 0 Å². The largest absolute Gasteiger partial charge is 0.384 e. The third-order valence-electron chi connectivity index (χ3n) is 3.61. The van der Waals surface area contributed by atoms with Crippen LogP contribution in [-0.2, 0) is 4.74 Å². The van der Waals surface area contributed by atoms with Crippen molar-refractivity contribution in [2.24, 2.45) is 0 Å². The molecule has 1 unspecified atom stereocenters. The molecule has 1 fully saturated rings. The summed E-state index contributed by atoms with van der Waals surface area (Å²) in [5.41, 5.74) is 1.24. The molecule has 0 saturated carbocycles. The van der Waals surface area contributed by atoms with Gasteiger partial charge in [-0.3, -0.25) is 4.79 Å². The van der Waals surface area contributed by atoms with Crippen molar-refractivity contribution in [3.8, 4) is 0 Å². The highest BCUT2D eigenvalue weighted by Gasteiger charge is 2.29. The van der Waals surface area contributed by atoms with Crippen LogP contribution in [0.3, 0.4) is 0 Å². The third kappa shape index (κ3) is 4.70. The van der Waals surface area contributed by atoms with Gasteiger partial charge >= 0.3 is 0 Å². The summed E-state index contributed by atoms with van der Waals surface area (Å²) in [7, 11) is 0. The van der Waals surface area contributed by atoms with Crippen molar-refractivity contribution in [3.05, 3.63) is 24.0 Å². The summed E-state index contributed by atoms with van der Waals surface area (Å²) >= 11 is 0. The van der Waals surface area contributed by atoms with Crippen molar-refractivity contribution >= 4 is 11.6 Å². The number of nitrogens with one attached hydrogen (secondary N) is 2. The summed E-state index contributed by atoms with van der Waals surface area (Å²) in [6.07, 6.45) is 4.44. The molecule has 0 bridgehead atoms. The number of hydrogen-bond donors (Lipinski definition) is 2. The van der Waals surface area contributed by atoms with Gasteiger partial charge in [-0.05, 0) is 45.2 Å². The van der Waals surface area contributed by atoms with E-state index in [1.54, 1.807) is 12.3 Å². The molecule has 116 valence electrons. The number of anilines is 1. The first-order chi connectivity index (χ1) is 10.00. The second kappa shape index (κ2) is 6.89. The molecule has 0 spiro atoms. The van der Waals surface area contributed by atoms with Crippen LogP contribution in [0.25, 0.3) is 0 Å². The Morgan fingerprint density at radius 3 is 2.90 bits per heavy atom. The molecule has 1 amide bonds. The SMILES string of the molecule is CCCNc1ccc(C(=O)NC2CCOC(C)(C)C2)nc1. The van der Waals surface area contributed by atoms with E-state index in [1.807, 2.05) is 6.07 Å². The van der Waals surface area contributed by atoms with Gasteiger partial charge in [0.15, 0.2) is 0 Å². The molecule has 1 aliphatic rings. The number of aromatic nitrogens is 1. The van der Waals surface area contributed by atoms with E-state index in [-0.39, 0.29) is 17.6 Å². The average Bonchev–Trinajstić information content (AvgIpc) is 2.44. The molecule has 1 aliphatic heterocycles. The van der Waals surface area contributed by atoms with E-state index >= 15 is 0 Å². The molecule has 1 aromatic rings. The minimum atomic E-state index is -0.169. The molecule has 1 aromatic heterocycles. The Hall–Kier alpha value is -1.62. The van der Waals surface area contributed by atoms with Gasteiger partial charge in [0.25, 0.3) is 5.91 Å². The van der Waals surface area contributed by atoms with Gasteiger partial charge in [-0.25, -0.2) is 4.98 Å². The van der Waals surface area contributed by atoms with Crippen LogP contribution in [0.2, 0.25) is 0 Å². The molecule has 0 aliphatic carbocycles. The number of rotatable bonds is 5. The Morgan fingerprint density at radius 2 is 2.29 bits per heavy atom. The maximum Gasteiger partial charge on any atom is 0.270 e. The van der Waals surface area contributed by atoms with E-state index in [1.165, 1.54) is 0 Å². The van der Waals surface area contributed by atoms with Crippen molar-refractivity contribution in [1.82, 2.24) is 10.3 Å². The molecule has 21 heavy (non-hydrogen) atoms. The molecule has 2 N–H and O–H groups in total. The van der Waals surface area contributed by atoms with Crippen LogP contribution in [0.15, 0.2) is 18.3 Å². The number of nitrogens with zero attached hydrogens (tertiary/aromatic N) is 1. The van der Waals surface area contributed by atoms with E-state index in [0.29, 0.717) is 12.3 Å². The lowest BCUT2D eigenvalue weighted by atomic mass is 9.94. The highest BCUT2D eigenvalue weighted by Crippen LogP contribution is 2.24. The van der Waals surface area contributed by atoms with E-state index in [0.717, 1.165) is 31.5 Å². The first kappa shape index (κ1) is 15.8. The second-order valence-electron chi connectivity index (χ2n) is 6.13. The Bertz CT molecular complexity index is 471. The summed E-state index contributed by atoms with van der Waals surface area (Å²) in [6, 6.07) is 3.81. The van der Waals surface area contributed by atoms with Gasteiger partial charge in [0.1, 0.15) is 5.69 Å². The Kier molecular flexibility index (Phi) is 5.17. The second-order valence-corrected chi connectivity index (χ2v) is 6.13. The predicted molar refractivity (Wildman–Crippen MR) is 83.5 cm³/mol. The Labute approximate surface area is 126 Å². The van der Waals surface area contributed by atoms with Crippen LogP contribution in [0, 0.1) is 0 Å². The lowest BCUT2D eigenvalue weighted by Gasteiger charge is -2.35. The monoisotopic (exact) mass is 291 g/mol. The molecular weight excluding hydrogens is 266 g/mol. The van der Waals surface area contributed by atoms with Crippen molar-refractivity contribution in [3.63, 3.8) is 0 Å². The predicted octanol–water partition coefficient (Wildman–Crippen LogP) is 2.59. The Morgan fingerprint density at radius 1 is 1.48 bits per heavy atom. The average molecular weight is 291 g/mol. The number of carbonyl (C=O) groups excluding carboxylic acids is 1.